The standard InChI is InChI=1S/C32H36N2O3/c1-2-3-4-5-6-7-8-14-23-33-30-24-27(22-21-26(30)20-19-25-15-10-9-11-16-25)31(35)34-29-18-13-12-17-28(29)32(36)37/h9-13,15-18,21-22,24,33H,2-8,14,23H2,1H3,(H,34,35)(H,36,37). The maximum absolute atomic E-state index is 13.0. The van der Waals surface area contributed by atoms with Crippen molar-refractivity contribution in [2.45, 2.75) is 58.3 Å². The summed E-state index contributed by atoms with van der Waals surface area (Å²) < 4.78 is 0. The van der Waals surface area contributed by atoms with Gasteiger partial charge >= 0.3 is 5.97 Å². The van der Waals surface area contributed by atoms with E-state index >= 15 is 0 Å². The number of nitrogens with one attached hydrogen (secondary N) is 2. The van der Waals surface area contributed by atoms with Gasteiger partial charge in [0.1, 0.15) is 0 Å². The molecule has 192 valence electrons. The fourth-order valence-electron chi connectivity index (χ4n) is 4.06. The maximum atomic E-state index is 13.0. The van der Waals surface area contributed by atoms with Gasteiger partial charge in [-0.2, -0.15) is 0 Å². The minimum Gasteiger partial charge on any atom is -0.478 e. The average molecular weight is 497 g/mol. The lowest BCUT2D eigenvalue weighted by Gasteiger charge is -2.12. The van der Waals surface area contributed by atoms with Gasteiger partial charge in [0.25, 0.3) is 5.91 Å². The summed E-state index contributed by atoms with van der Waals surface area (Å²) in [6, 6.07) is 21.5. The summed E-state index contributed by atoms with van der Waals surface area (Å²) in [4.78, 5) is 24.5. The number of carboxylic acids is 1. The van der Waals surface area contributed by atoms with Crippen LogP contribution in [0.15, 0.2) is 72.8 Å². The first-order valence-corrected chi connectivity index (χ1v) is 13.2. The molecule has 3 aromatic rings. The molecule has 0 aromatic heterocycles. The van der Waals surface area contributed by atoms with E-state index in [0.717, 1.165) is 36.2 Å². The number of rotatable bonds is 13. The van der Waals surface area contributed by atoms with Crippen molar-refractivity contribution in [1.82, 2.24) is 0 Å². The van der Waals surface area contributed by atoms with Crippen LogP contribution >= 0.6 is 0 Å². The molecule has 0 spiro atoms. The van der Waals surface area contributed by atoms with Crippen LogP contribution in [-0.2, 0) is 0 Å². The summed E-state index contributed by atoms with van der Waals surface area (Å²) in [5.74, 6) is 4.96. The van der Waals surface area contributed by atoms with Crippen molar-refractivity contribution >= 4 is 23.3 Å². The van der Waals surface area contributed by atoms with Gasteiger partial charge < -0.3 is 15.7 Å². The summed E-state index contributed by atoms with van der Waals surface area (Å²) in [6.07, 6.45) is 9.94. The monoisotopic (exact) mass is 496 g/mol. The Labute approximate surface area is 220 Å². The molecule has 0 unspecified atom stereocenters. The Morgan fingerprint density at radius 3 is 2.16 bits per heavy atom. The third-order valence-corrected chi connectivity index (χ3v) is 6.15. The van der Waals surface area contributed by atoms with Gasteiger partial charge in [-0.1, -0.05) is 94.0 Å². The summed E-state index contributed by atoms with van der Waals surface area (Å²) in [6.45, 7) is 3.03. The molecule has 3 aromatic carbocycles. The van der Waals surface area contributed by atoms with Crippen LogP contribution in [0.25, 0.3) is 0 Å². The van der Waals surface area contributed by atoms with E-state index in [9.17, 15) is 14.7 Å². The second kappa shape index (κ2) is 15.2. The highest BCUT2D eigenvalue weighted by molar-refractivity contribution is 6.08. The van der Waals surface area contributed by atoms with Gasteiger partial charge in [0.2, 0.25) is 0 Å². The minimum atomic E-state index is -1.09. The molecule has 3 N–H and O–H groups in total. The molecular formula is C32H36N2O3. The second-order valence-electron chi connectivity index (χ2n) is 9.08. The van der Waals surface area contributed by atoms with Crippen molar-refractivity contribution in [3.05, 3.63) is 95.1 Å². The molecule has 0 aliphatic heterocycles. The molecular weight excluding hydrogens is 460 g/mol. The third kappa shape index (κ3) is 9.16. The Balaban J connectivity index is 1.70. The van der Waals surface area contributed by atoms with Crippen molar-refractivity contribution in [2.24, 2.45) is 0 Å². The highest BCUT2D eigenvalue weighted by Gasteiger charge is 2.14. The number of para-hydroxylation sites is 1. The summed E-state index contributed by atoms with van der Waals surface area (Å²) >= 11 is 0. The van der Waals surface area contributed by atoms with E-state index < -0.39 is 5.97 Å². The van der Waals surface area contributed by atoms with E-state index in [0.29, 0.717) is 5.56 Å². The van der Waals surface area contributed by atoms with Crippen molar-refractivity contribution < 1.29 is 14.7 Å². The maximum Gasteiger partial charge on any atom is 0.337 e. The van der Waals surface area contributed by atoms with E-state index in [-0.39, 0.29) is 17.2 Å². The van der Waals surface area contributed by atoms with Gasteiger partial charge in [0.15, 0.2) is 0 Å². The molecule has 5 nitrogen and oxygen atoms in total. The largest absolute Gasteiger partial charge is 0.478 e. The number of aromatic carboxylic acids is 1. The van der Waals surface area contributed by atoms with Gasteiger partial charge in [0, 0.05) is 23.2 Å². The number of unbranched alkanes of at least 4 members (excludes halogenated alkanes) is 7. The van der Waals surface area contributed by atoms with Gasteiger partial charge in [-0.15, -0.1) is 0 Å². The van der Waals surface area contributed by atoms with Crippen molar-refractivity contribution in [3.8, 4) is 11.8 Å². The first-order chi connectivity index (χ1) is 18.1. The Morgan fingerprint density at radius 1 is 0.757 bits per heavy atom. The van der Waals surface area contributed by atoms with E-state index in [4.69, 9.17) is 0 Å². The molecule has 0 heterocycles. The van der Waals surface area contributed by atoms with Gasteiger partial charge in [-0.25, -0.2) is 4.79 Å². The molecule has 0 saturated carbocycles. The van der Waals surface area contributed by atoms with Gasteiger partial charge in [0.05, 0.1) is 16.9 Å². The van der Waals surface area contributed by atoms with Crippen molar-refractivity contribution in [3.63, 3.8) is 0 Å². The quantitative estimate of drug-likeness (QED) is 0.168. The second-order valence-corrected chi connectivity index (χ2v) is 9.08. The van der Waals surface area contributed by atoms with Crippen LogP contribution in [0.4, 0.5) is 11.4 Å². The topological polar surface area (TPSA) is 78.4 Å². The molecule has 0 saturated heterocycles. The van der Waals surface area contributed by atoms with Crippen LogP contribution < -0.4 is 10.6 Å². The SMILES string of the molecule is CCCCCCCCCCNc1cc(C(=O)Nc2ccccc2C(=O)O)ccc1C#Cc1ccccc1. The molecule has 37 heavy (non-hydrogen) atoms. The number of hydrogen-bond donors (Lipinski definition) is 3. The summed E-state index contributed by atoms with van der Waals surface area (Å²) in [5.41, 5.74) is 3.28. The number of carbonyl (C=O) groups is 2. The fourth-order valence-corrected chi connectivity index (χ4v) is 4.06. The van der Waals surface area contributed by atoms with Crippen molar-refractivity contribution in [1.29, 1.82) is 0 Å². The molecule has 0 radical (unpaired) electrons. The Hall–Kier alpha value is -4.04. The predicted molar refractivity (Wildman–Crippen MR) is 151 cm³/mol. The Kier molecular flexibility index (Phi) is 11.3. The number of carbonyl (C=O) groups excluding carboxylic acids is 1. The third-order valence-electron chi connectivity index (χ3n) is 6.15. The molecule has 1 amide bonds. The van der Waals surface area contributed by atoms with Crippen LogP contribution in [0.1, 0.15) is 90.1 Å². The molecule has 0 fully saturated rings. The zero-order valence-corrected chi connectivity index (χ0v) is 21.6. The lowest BCUT2D eigenvalue weighted by Crippen LogP contribution is -2.15. The molecule has 0 atom stereocenters. The van der Waals surface area contributed by atoms with E-state index in [1.54, 1.807) is 30.3 Å². The normalized spacial score (nSPS) is 10.3. The van der Waals surface area contributed by atoms with Crippen LogP contribution in [0, 0.1) is 11.8 Å². The molecule has 3 rings (SSSR count). The number of amides is 1. The number of hydrogen-bond acceptors (Lipinski definition) is 3. The van der Waals surface area contributed by atoms with Crippen LogP contribution in [-0.4, -0.2) is 23.5 Å². The highest BCUT2D eigenvalue weighted by Crippen LogP contribution is 2.21. The van der Waals surface area contributed by atoms with Gasteiger partial charge in [-0.05, 0) is 48.9 Å². The van der Waals surface area contributed by atoms with E-state index in [1.807, 2.05) is 36.4 Å². The van der Waals surface area contributed by atoms with Crippen LogP contribution in [0.5, 0.6) is 0 Å². The predicted octanol–water partition coefficient (Wildman–Crippen LogP) is 7.59. The van der Waals surface area contributed by atoms with Crippen molar-refractivity contribution in [2.75, 3.05) is 17.2 Å². The highest BCUT2D eigenvalue weighted by atomic mass is 16.4. The zero-order chi connectivity index (χ0) is 26.3. The summed E-state index contributed by atoms with van der Waals surface area (Å²) in [7, 11) is 0. The number of carboxylic acid groups (broad SMARTS) is 1. The molecule has 0 bridgehead atoms. The number of benzene rings is 3. The Morgan fingerprint density at radius 2 is 1.43 bits per heavy atom. The summed E-state index contributed by atoms with van der Waals surface area (Å²) in [5, 5.41) is 15.6. The Bertz CT molecular complexity index is 1230. The first kappa shape index (κ1) is 27.5. The van der Waals surface area contributed by atoms with Gasteiger partial charge in [-0.3, -0.25) is 4.79 Å². The van der Waals surface area contributed by atoms with Crippen LogP contribution in [0.2, 0.25) is 0 Å². The number of anilines is 2. The lowest BCUT2D eigenvalue weighted by molar-refractivity contribution is 0.0698. The average Bonchev–Trinajstić information content (AvgIpc) is 2.92. The molecule has 5 heteroatoms. The first-order valence-electron chi connectivity index (χ1n) is 13.2. The lowest BCUT2D eigenvalue weighted by atomic mass is 10.1. The van der Waals surface area contributed by atoms with E-state index in [1.165, 1.54) is 44.6 Å². The molecule has 0 aliphatic carbocycles. The fraction of sp³-hybridized carbons (Fsp3) is 0.312. The van der Waals surface area contributed by atoms with E-state index in [2.05, 4.69) is 29.4 Å². The minimum absolute atomic E-state index is 0.0502. The zero-order valence-electron chi connectivity index (χ0n) is 21.6. The smallest absolute Gasteiger partial charge is 0.337 e. The van der Waals surface area contributed by atoms with Crippen LogP contribution in [0.3, 0.4) is 0 Å². The molecule has 0 aliphatic rings.